The summed E-state index contributed by atoms with van der Waals surface area (Å²) in [4.78, 5) is 0. The quantitative estimate of drug-likeness (QED) is 0.530. The molecule has 0 aromatic rings. The van der Waals surface area contributed by atoms with Gasteiger partial charge in [-0.25, -0.2) is 0 Å². The van der Waals surface area contributed by atoms with Gasteiger partial charge in [-0.3, -0.25) is 0 Å². The first-order valence-corrected chi connectivity index (χ1v) is 4.29. The van der Waals surface area contributed by atoms with E-state index in [0.717, 1.165) is 12.8 Å². The van der Waals surface area contributed by atoms with Gasteiger partial charge < -0.3 is 5.11 Å². The largest absolute Gasteiger partial charge is 0.375 e. The van der Waals surface area contributed by atoms with Crippen LogP contribution in [0.25, 0.3) is 0 Å². The van der Waals surface area contributed by atoms with Gasteiger partial charge in [-0.2, -0.15) is 5.26 Å². The Morgan fingerprint density at radius 2 is 2.27 bits per heavy atom. The van der Waals surface area contributed by atoms with Crippen LogP contribution in [0.5, 0.6) is 0 Å². The molecule has 2 aliphatic carbocycles. The summed E-state index contributed by atoms with van der Waals surface area (Å²) in [6.45, 7) is 2.14. The predicted molar refractivity (Wildman–Crippen MR) is 40.6 cm³/mol. The lowest BCUT2D eigenvalue weighted by atomic mass is 9.79. The minimum atomic E-state index is -0.970. The smallest absolute Gasteiger partial charge is 0.154 e. The Morgan fingerprint density at radius 1 is 1.55 bits per heavy atom. The van der Waals surface area contributed by atoms with Crippen molar-refractivity contribution >= 4 is 0 Å². The monoisotopic (exact) mass is 151 g/mol. The Balaban J connectivity index is 2.26. The van der Waals surface area contributed by atoms with Gasteiger partial charge in [-0.15, -0.1) is 0 Å². The number of nitrogens with zero attached hydrogens (tertiary/aromatic N) is 1. The summed E-state index contributed by atoms with van der Waals surface area (Å²) in [7, 11) is 0. The minimum Gasteiger partial charge on any atom is -0.375 e. The summed E-state index contributed by atoms with van der Waals surface area (Å²) in [5.41, 5.74) is -0.970. The van der Waals surface area contributed by atoms with Crippen molar-refractivity contribution in [3.05, 3.63) is 0 Å². The highest BCUT2D eigenvalue weighted by Gasteiger charge is 2.53. The standard InChI is InChI=1S/C9H13NO/c1-6-2-7-3-8(6)9(11,4-7)5-10/h6-8,11H,2-4H2,1H3/t6-,7-,8-,9-/m1/s1. The lowest BCUT2D eigenvalue weighted by Crippen LogP contribution is -2.36. The van der Waals surface area contributed by atoms with Crippen LogP contribution >= 0.6 is 0 Å². The van der Waals surface area contributed by atoms with Gasteiger partial charge in [0.25, 0.3) is 0 Å². The zero-order chi connectivity index (χ0) is 8.06. The van der Waals surface area contributed by atoms with E-state index in [1.165, 1.54) is 6.42 Å². The van der Waals surface area contributed by atoms with Crippen molar-refractivity contribution in [3.63, 3.8) is 0 Å². The third kappa shape index (κ3) is 0.810. The van der Waals surface area contributed by atoms with Gasteiger partial charge in [0.2, 0.25) is 0 Å². The molecule has 0 unspecified atom stereocenters. The first-order chi connectivity index (χ1) is 5.15. The second kappa shape index (κ2) is 1.98. The van der Waals surface area contributed by atoms with Gasteiger partial charge in [0.15, 0.2) is 5.60 Å². The average molecular weight is 151 g/mol. The molecule has 2 rings (SSSR count). The van der Waals surface area contributed by atoms with Gasteiger partial charge in [-0.05, 0) is 31.1 Å². The molecule has 2 fully saturated rings. The summed E-state index contributed by atoms with van der Waals surface area (Å²) in [6, 6.07) is 2.06. The van der Waals surface area contributed by atoms with Gasteiger partial charge in [0.05, 0.1) is 6.07 Å². The molecule has 0 aromatic carbocycles. The molecule has 11 heavy (non-hydrogen) atoms. The Kier molecular flexibility index (Phi) is 1.28. The second-order valence-corrected chi connectivity index (χ2v) is 4.16. The molecule has 0 amide bonds. The summed E-state index contributed by atoms with van der Waals surface area (Å²) < 4.78 is 0. The summed E-state index contributed by atoms with van der Waals surface area (Å²) in [6.07, 6.45) is 3.01. The van der Waals surface area contributed by atoms with Crippen molar-refractivity contribution in [1.82, 2.24) is 0 Å². The summed E-state index contributed by atoms with van der Waals surface area (Å²) in [5, 5.41) is 18.6. The van der Waals surface area contributed by atoms with Crippen LogP contribution in [-0.2, 0) is 0 Å². The number of hydrogen-bond acceptors (Lipinski definition) is 2. The van der Waals surface area contributed by atoms with Crippen molar-refractivity contribution in [2.75, 3.05) is 0 Å². The highest BCUT2D eigenvalue weighted by atomic mass is 16.3. The van der Waals surface area contributed by atoms with Gasteiger partial charge >= 0.3 is 0 Å². The van der Waals surface area contributed by atoms with Crippen LogP contribution in [0.2, 0.25) is 0 Å². The first-order valence-electron chi connectivity index (χ1n) is 4.29. The fourth-order valence-corrected chi connectivity index (χ4v) is 2.93. The third-order valence-corrected chi connectivity index (χ3v) is 3.39. The van der Waals surface area contributed by atoms with E-state index in [4.69, 9.17) is 5.26 Å². The first kappa shape index (κ1) is 7.12. The van der Waals surface area contributed by atoms with Gasteiger partial charge in [0.1, 0.15) is 0 Å². The van der Waals surface area contributed by atoms with Crippen molar-refractivity contribution in [1.29, 1.82) is 5.26 Å². The second-order valence-electron chi connectivity index (χ2n) is 4.16. The number of nitriles is 1. The van der Waals surface area contributed by atoms with Gasteiger partial charge in [-0.1, -0.05) is 6.92 Å². The van der Waals surface area contributed by atoms with Crippen molar-refractivity contribution in [2.45, 2.75) is 31.8 Å². The van der Waals surface area contributed by atoms with Crippen LogP contribution < -0.4 is 0 Å². The Hall–Kier alpha value is -0.550. The van der Waals surface area contributed by atoms with E-state index >= 15 is 0 Å². The lowest BCUT2D eigenvalue weighted by molar-refractivity contribution is 0.0193. The van der Waals surface area contributed by atoms with E-state index in [1.54, 1.807) is 0 Å². The number of hydrogen-bond donors (Lipinski definition) is 1. The molecular formula is C9H13NO. The van der Waals surface area contributed by atoms with Crippen LogP contribution in [0.3, 0.4) is 0 Å². The highest BCUT2D eigenvalue weighted by Crippen LogP contribution is 2.53. The van der Waals surface area contributed by atoms with Crippen LogP contribution in [0.4, 0.5) is 0 Å². The molecule has 60 valence electrons. The maximum Gasteiger partial charge on any atom is 0.154 e. The van der Waals surface area contributed by atoms with E-state index in [0.29, 0.717) is 11.8 Å². The zero-order valence-corrected chi connectivity index (χ0v) is 6.75. The molecule has 0 heterocycles. The third-order valence-electron chi connectivity index (χ3n) is 3.39. The van der Waals surface area contributed by atoms with Crippen molar-refractivity contribution in [3.8, 4) is 6.07 Å². The molecule has 2 bridgehead atoms. The summed E-state index contributed by atoms with van der Waals surface area (Å²) >= 11 is 0. The van der Waals surface area contributed by atoms with Crippen LogP contribution in [0.15, 0.2) is 0 Å². The fourth-order valence-electron chi connectivity index (χ4n) is 2.93. The van der Waals surface area contributed by atoms with Crippen LogP contribution in [0, 0.1) is 29.1 Å². The van der Waals surface area contributed by atoms with E-state index in [2.05, 4.69) is 13.0 Å². The molecule has 2 heteroatoms. The molecule has 2 aliphatic rings. The molecule has 0 aromatic heterocycles. The number of fused-ring (bicyclic) bond motifs is 2. The number of aliphatic hydroxyl groups is 1. The number of rotatable bonds is 0. The molecule has 2 nitrogen and oxygen atoms in total. The molecule has 0 saturated heterocycles. The van der Waals surface area contributed by atoms with Gasteiger partial charge in [0, 0.05) is 5.92 Å². The average Bonchev–Trinajstić information content (AvgIpc) is 2.44. The summed E-state index contributed by atoms with van der Waals surface area (Å²) in [5.74, 6) is 1.44. The predicted octanol–water partition coefficient (Wildman–Crippen LogP) is 1.31. The topological polar surface area (TPSA) is 44.0 Å². The van der Waals surface area contributed by atoms with E-state index in [9.17, 15) is 5.11 Å². The maximum atomic E-state index is 9.80. The van der Waals surface area contributed by atoms with Crippen molar-refractivity contribution < 1.29 is 5.11 Å². The molecule has 0 aliphatic heterocycles. The SMILES string of the molecule is C[C@@H]1C[C@@H]2C[C@H]1[C@](O)(C#N)C2. The molecule has 1 N–H and O–H groups in total. The lowest BCUT2D eigenvalue weighted by Gasteiger charge is -2.29. The fraction of sp³-hybridized carbons (Fsp3) is 0.889. The van der Waals surface area contributed by atoms with Crippen LogP contribution in [0.1, 0.15) is 26.2 Å². The van der Waals surface area contributed by atoms with E-state index in [1.807, 2.05) is 0 Å². The molecule has 2 saturated carbocycles. The van der Waals surface area contributed by atoms with Crippen molar-refractivity contribution in [2.24, 2.45) is 17.8 Å². The molecule has 0 radical (unpaired) electrons. The minimum absolute atomic E-state index is 0.262. The highest BCUT2D eigenvalue weighted by molar-refractivity contribution is 5.14. The zero-order valence-electron chi connectivity index (χ0n) is 6.75. The Labute approximate surface area is 66.8 Å². The van der Waals surface area contributed by atoms with E-state index in [-0.39, 0.29) is 5.92 Å². The maximum absolute atomic E-state index is 9.80. The van der Waals surface area contributed by atoms with Crippen LogP contribution in [-0.4, -0.2) is 10.7 Å². The Morgan fingerprint density at radius 3 is 2.64 bits per heavy atom. The van der Waals surface area contributed by atoms with E-state index < -0.39 is 5.60 Å². The normalized spacial score (nSPS) is 54.5. The molecular weight excluding hydrogens is 138 g/mol. The Bertz CT molecular complexity index is 220. The molecule has 0 spiro atoms. The molecule has 4 atom stereocenters.